The predicted molar refractivity (Wildman–Crippen MR) is 32.2 cm³/mol. The van der Waals surface area contributed by atoms with Gasteiger partial charge in [-0.3, -0.25) is 0 Å². The van der Waals surface area contributed by atoms with Crippen LogP contribution in [0.3, 0.4) is 0 Å². The van der Waals surface area contributed by atoms with Crippen molar-refractivity contribution in [3.05, 3.63) is 17.2 Å². The molecular formula is C4H6BrN2. The molecule has 0 aliphatic carbocycles. The average Bonchev–Trinajstić information content (AvgIpc) is 1.91. The largest absolute Gasteiger partial charge is 0.304 e. The summed E-state index contributed by atoms with van der Waals surface area (Å²) in [7, 11) is 1.93. The second-order valence-corrected chi connectivity index (χ2v) is 2.16. The number of rotatable bonds is 0. The van der Waals surface area contributed by atoms with E-state index < -0.39 is 0 Å². The Morgan fingerprint density at radius 1 is 1.86 bits per heavy atom. The molecule has 3 heteroatoms. The molecule has 0 aromatic heterocycles. The van der Waals surface area contributed by atoms with Gasteiger partial charge in [0.2, 0.25) is 0 Å². The van der Waals surface area contributed by atoms with Crippen molar-refractivity contribution >= 4 is 15.9 Å². The van der Waals surface area contributed by atoms with E-state index in [2.05, 4.69) is 21.4 Å². The molecule has 1 heterocycles. The van der Waals surface area contributed by atoms with E-state index in [0.29, 0.717) is 0 Å². The second-order valence-electron chi connectivity index (χ2n) is 1.34. The first-order valence-corrected chi connectivity index (χ1v) is 2.79. The highest BCUT2D eigenvalue weighted by Crippen LogP contribution is 2.12. The summed E-state index contributed by atoms with van der Waals surface area (Å²) in [6.45, 7) is 1.87. The Balaban J connectivity index is 2.54. The highest BCUT2D eigenvalue weighted by Gasteiger charge is 2.03. The molecule has 0 aromatic carbocycles. The number of hydrogen-bond acceptors (Lipinski definition) is 2. The maximum atomic E-state index is 3.30. The van der Waals surface area contributed by atoms with Gasteiger partial charge in [0.15, 0.2) is 0 Å². The van der Waals surface area contributed by atoms with E-state index >= 15 is 0 Å². The summed E-state index contributed by atoms with van der Waals surface area (Å²) in [5, 5.41) is 1.88. The molecule has 1 radical (unpaired) electrons. The van der Waals surface area contributed by atoms with E-state index in [-0.39, 0.29) is 0 Å². The Hall–Kier alpha value is -0.0200. The quantitative estimate of drug-likeness (QED) is 0.530. The third-order valence-corrected chi connectivity index (χ3v) is 1.61. The molecule has 7 heavy (non-hydrogen) atoms. The minimum atomic E-state index is 1.06. The van der Waals surface area contributed by atoms with Crippen LogP contribution in [0.15, 0.2) is 10.7 Å². The van der Waals surface area contributed by atoms with Crippen LogP contribution in [0.25, 0.3) is 0 Å². The normalized spacial score (nSPS) is 20.3. The van der Waals surface area contributed by atoms with E-state index in [9.17, 15) is 0 Å². The lowest BCUT2D eigenvalue weighted by molar-refractivity contribution is 0.388. The fraction of sp³-hybridized carbons (Fsp3) is 0.250. The van der Waals surface area contributed by atoms with Crippen LogP contribution >= 0.6 is 15.9 Å². The summed E-state index contributed by atoms with van der Waals surface area (Å²) < 4.78 is 1.06. The third-order valence-electron chi connectivity index (χ3n) is 0.809. The summed E-state index contributed by atoms with van der Waals surface area (Å²) in [6.07, 6.45) is 1.94. The molecule has 0 spiro atoms. The molecule has 39 valence electrons. The van der Waals surface area contributed by atoms with Crippen LogP contribution < -0.4 is 5.43 Å². The Kier molecular flexibility index (Phi) is 1.35. The van der Waals surface area contributed by atoms with Gasteiger partial charge >= 0.3 is 0 Å². The van der Waals surface area contributed by atoms with Crippen LogP contribution in [0.1, 0.15) is 0 Å². The molecule has 2 nitrogen and oxygen atoms in total. The van der Waals surface area contributed by atoms with Crippen molar-refractivity contribution in [3.8, 4) is 0 Å². The molecule has 0 unspecified atom stereocenters. The van der Waals surface area contributed by atoms with E-state index in [1.807, 2.05) is 24.7 Å². The molecule has 0 bridgehead atoms. The molecule has 0 saturated heterocycles. The van der Waals surface area contributed by atoms with Crippen LogP contribution in [0.5, 0.6) is 0 Å². The topological polar surface area (TPSA) is 15.3 Å². The zero-order chi connectivity index (χ0) is 5.28. The van der Waals surface area contributed by atoms with Crippen LogP contribution in [-0.2, 0) is 0 Å². The molecule has 0 atom stereocenters. The minimum absolute atomic E-state index is 1.06. The summed E-state index contributed by atoms with van der Waals surface area (Å²) in [6, 6.07) is 0. The molecule has 0 saturated carbocycles. The van der Waals surface area contributed by atoms with E-state index in [0.717, 1.165) is 4.61 Å². The number of nitrogens with zero attached hydrogens (tertiary/aromatic N) is 1. The first-order valence-electron chi connectivity index (χ1n) is 1.99. The van der Waals surface area contributed by atoms with Crippen molar-refractivity contribution in [2.75, 3.05) is 7.05 Å². The molecule has 0 aromatic rings. The van der Waals surface area contributed by atoms with Crippen molar-refractivity contribution in [2.24, 2.45) is 0 Å². The van der Waals surface area contributed by atoms with Crippen molar-refractivity contribution in [1.29, 1.82) is 0 Å². The first-order chi connectivity index (χ1) is 3.30. The van der Waals surface area contributed by atoms with Gasteiger partial charge in [-0.2, -0.15) is 0 Å². The Labute approximate surface area is 51.3 Å². The maximum Gasteiger partial charge on any atom is 0.0922 e. The monoisotopic (exact) mass is 161 g/mol. The SMILES string of the molecule is CN1N[CH]C=C1Br. The lowest BCUT2D eigenvalue weighted by Gasteiger charge is -2.09. The van der Waals surface area contributed by atoms with Crippen LogP contribution in [-0.4, -0.2) is 12.1 Å². The molecule has 1 aliphatic heterocycles. The lowest BCUT2D eigenvalue weighted by Crippen LogP contribution is -2.22. The zero-order valence-corrected chi connectivity index (χ0v) is 5.57. The van der Waals surface area contributed by atoms with E-state index in [4.69, 9.17) is 0 Å². The van der Waals surface area contributed by atoms with E-state index in [1.54, 1.807) is 0 Å². The summed E-state index contributed by atoms with van der Waals surface area (Å²) >= 11 is 3.30. The van der Waals surface area contributed by atoms with Gasteiger partial charge in [-0.25, -0.2) is 5.43 Å². The fourth-order valence-corrected chi connectivity index (χ4v) is 0.626. The van der Waals surface area contributed by atoms with Gasteiger partial charge in [-0.05, 0) is 22.0 Å². The van der Waals surface area contributed by atoms with E-state index in [1.165, 1.54) is 0 Å². The fourth-order valence-electron chi connectivity index (χ4n) is 0.391. The van der Waals surface area contributed by atoms with Crippen LogP contribution in [0.4, 0.5) is 0 Å². The molecule has 1 N–H and O–H groups in total. The van der Waals surface area contributed by atoms with Gasteiger partial charge in [-0.15, -0.1) is 0 Å². The minimum Gasteiger partial charge on any atom is -0.304 e. The van der Waals surface area contributed by atoms with Gasteiger partial charge in [0.1, 0.15) is 0 Å². The van der Waals surface area contributed by atoms with Gasteiger partial charge < -0.3 is 5.01 Å². The summed E-state index contributed by atoms with van der Waals surface area (Å²) in [5.41, 5.74) is 2.94. The smallest absolute Gasteiger partial charge is 0.0922 e. The first kappa shape index (κ1) is 5.12. The third kappa shape index (κ3) is 0.951. The molecule has 1 aliphatic rings. The van der Waals surface area contributed by atoms with Crippen molar-refractivity contribution in [3.63, 3.8) is 0 Å². The molecule has 1 rings (SSSR count). The lowest BCUT2D eigenvalue weighted by atomic mass is 10.7. The number of hydrogen-bond donors (Lipinski definition) is 1. The summed E-state index contributed by atoms with van der Waals surface area (Å²) in [5.74, 6) is 0. The molecule has 0 amide bonds. The Morgan fingerprint density at radius 3 is 2.71 bits per heavy atom. The molecule has 0 fully saturated rings. The number of hydrazine groups is 1. The van der Waals surface area contributed by atoms with Gasteiger partial charge in [-0.1, -0.05) is 0 Å². The number of halogens is 1. The maximum absolute atomic E-state index is 3.30. The average molecular weight is 162 g/mol. The molecular weight excluding hydrogens is 156 g/mol. The van der Waals surface area contributed by atoms with Crippen LogP contribution in [0, 0.1) is 6.54 Å². The zero-order valence-electron chi connectivity index (χ0n) is 3.98. The summed E-state index contributed by atoms with van der Waals surface area (Å²) in [4.78, 5) is 0. The highest BCUT2D eigenvalue weighted by atomic mass is 79.9. The predicted octanol–water partition coefficient (Wildman–Crippen LogP) is 0.834. The Morgan fingerprint density at radius 2 is 2.57 bits per heavy atom. The van der Waals surface area contributed by atoms with Crippen molar-refractivity contribution < 1.29 is 0 Å². The van der Waals surface area contributed by atoms with Gasteiger partial charge in [0, 0.05) is 7.05 Å². The standard InChI is InChI=1S/C4H6BrN2/c1-7-4(5)2-3-6-7/h2-3,6H,1H3. The van der Waals surface area contributed by atoms with Crippen LogP contribution in [0.2, 0.25) is 0 Å². The second kappa shape index (κ2) is 1.84. The van der Waals surface area contributed by atoms with Gasteiger partial charge in [0.05, 0.1) is 11.2 Å². The Bertz CT molecular complexity index is 99.9. The van der Waals surface area contributed by atoms with Crippen molar-refractivity contribution in [1.82, 2.24) is 10.4 Å². The highest BCUT2D eigenvalue weighted by molar-refractivity contribution is 9.11. The number of nitrogens with one attached hydrogen (secondary N) is 1. The van der Waals surface area contributed by atoms with Crippen molar-refractivity contribution in [2.45, 2.75) is 0 Å². The van der Waals surface area contributed by atoms with Gasteiger partial charge in [0.25, 0.3) is 0 Å².